The van der Waals surface area contributed by atoms with Gasteiger partial charge in [0.2, 0.25) is 0 Å². The van der Waals surface area contributed by atoms with Gasteiger partial charge in [0, 0.05) is 0 Å². The fourth-order valence-electron chi connectivity index (χ4n) is 1.14. The summed E-state index contributed by atoms with van der Waals surface area (Å²) in [5.41, 5.74) is 0.984. The molecule has 0 aliphatic rings. The number of sulfone groups is 1. The van der Waals surface area contributed by atoms with Gasteiger partial charge in [-0.05, 0) is 25.3 Å². The van der Waals surface area contributed by atoms with E-state index in [-0.39, 0.29) is 4.90 Å². The number of aryl methyl sites for hydroxylation is 1. The number of thioether (sulfide) groups is 1. The number of hydrogen-bond donors (Lipinski definition) is 0. The molecular weight excluding hydrogens is 228 g/mol. The van der Waals surface area contributed by atoms with Crippen LogP contribution >= 0.6 is 11.8 Å². The van der Waals surface area contributed by atoms with Crippen molar-refractivity contribution < 1.29 is 9.79 Å². The third-order valence-corrected chi connectivity index (χ3v) is 5.28. The Labute approximate surface area is 96.7 Å². The van der Waals surface area contributed by atoms with Crippen molar-refractivity contribution in [3.05, 3.63) is 42.5 Å². The van der Waals surface area contributed by atoms with Crippen molar-refractivity contribution in [2.24, 2.45) is 0 Å². The lowest BCUT2D eigenvalue weighted by Gasteiger charge is -2.11. The maximum Gasteiger partial charge on any atom is 0.194 e. The number of hydrogen-bond acceptors (Lipinski definition) is 3. The molecule has 1 unspecified atom stereocenters. The number of rotatable bonds is 4. The fourth-order valence-corrected chi connectivity index (χ4v) is 3.42. The molecule has 1 aromatic rings. The Morgan fingerprint density at radius 1 is 1.47 bits per heavy atom. The molecule has 0 spiro atoms. The lowest BCUT2D eigenvalue weighted by Crippen LogP contribution is -2.14. The molecule has 0 saturated carbocycles. The summed E-state index contributed by atoms with van der Waals surface area (Å²) >= 11 is 0.939. The molecule has 2 nitrogen and oxygen atoms in total. The SMILES string of the molecule is [2H]C(C=C)(SC)S(=O)(=O)c1ccc(C)cc1. The van der Waals surface area contributed by atoms with Crippen molar-refractivity contribution in [3.63, 3.8) is 0 Å². The van der Waals surface area contributed by atoms with Gasteiger partial charge < -0.3 is 0 Å². The first-order chi connectivity index (χ1) is 7.37. The van der Waals surface area contributed by atoms with Crippen LogP contribution in [-0.2, 0) is 9.84 Å². The van der Waals surface area contributed by atoms with E-state index >= 15 is 0 Å². The van der Waals surface area contributed by atoms with Crippen molar-refractivity contribution in [2.45, 2.75) is 16.4 Å². The third-order valence-electron chi connectivity index (χ3n) is 1.96. The highest BCUT2D eigenvalue weighted by atomic mass is 32.3. The Kier molecular flexibility index (Phi) is 3.49. The zero-order chi connectivity index (χ0) is 12.4. The van der Waals surface area contributed by atoms with Crippen LogP contribution in [0.25, 0.3) is 0 Å². The summed E-state index contributed by atoms with van der Waals surface area (Å²) in [5, 5.41) is 0. The zero-order valence-electron chi connectivity index (χ0n) is 9.73. The first-order valence-electron chi connectivity index (χ1n) is 4.87. The van der Waals surface area contributed by atoms with E-state index in [4.69, 9.17) is 1.37 Å². The Morgan fingerprint density at radius 2 is 2.00 bits per heavy atom. The van der Waals surface area contributed by atoms with E-state index in [9.17, 15) is 8.42 Å². The molecule has 1 atom stereocenters. The van der Waals surface area contributed by atoms with Crippen LogP contribution in [0.5, 0.6) is 0 Å². The summed E-state index contributed by atoms with van der Waals surface area (Å²) in [4.78, 5) is 0.155. The quantitative estimate of drug-likeness (QED) is 0.762. The van der Waals surface area contributed by atoms with E-state index in [2.05, 4.69) is 6.58 Å². The molecule has 0 bridgehead atoms. The maximum atomic E-state index is 12.1. The molecule has 4 heteroatoms. The van der Waals surface area contributed by atoms with Gasteiger partial charge in [0.1, 0.15) is 4.56 Å². The van der Waals surface area contributed by atoms with Gasteiger partial charge in [-0.2, -0.15) is 0 Å². The summed E-state index contributed by atoms with van der Waals surface area (Å²) in [6.45, 7) is 5.31. The van der Waals surface area contributed by atoms with Gasteiger partial charge in [0.15, 0.2) is 9.84 Å². The highest BCUT2D eigenvalue weighted by Crippen LogP contribution is 2.23. The lowest BCUT2D eigenvalue weighted by atomic mass is 10.2. The van der Waals surface area contributed by atoms with Crippen LogP contribution < -0.4 is 0 Å². The minimum absolute atomic E-state index is 0.155. The van der Waals surface area contributed by atoms with Crippen LogP contribution in [0.1, 0.15) is 6.93 Å². The predicted molar refractivity (Wildman–Crippen MR) is 65.9 cm³/mol. The standard InChI is InChI=1S/C11H14O2S2/c1-4-11(14-3)15(12,13)10-7-5-9(2)6-8-10/h4-8,11H,1H2,2-3H3/i11D. The second kappa shape index (κ2) is 4.86. The van der Waals surface area contributed by atoms with E-state index < -0.39 is 14.4 Å². The first kappa shape index (κ1) is 10.8. The molecule has 15 heavy (non-hydrogen) atoms. The van der Waals surface area contributed by atoms with E-state index in [0.29, 0.717) is 0 Å². The molecule has 0 radical (unpaired) electrons. The van der Waals surface area contributed by atoms with Gasteiger partial charge in [-0.3, -0.25) is 0 Å². The fraction of sp³-hybridized carbons (Fsp3) is 0.273. The van der Waals surface area contributed by atoms with Gasteiger partial charge in [-0.1, -0.05) is 23.8 Å². The predicted octanol–water partition coefficient (Wildman–Crippen LogP) is 2.64. The molecule has 0 aromatic heterocycles. The van der Waals surface area contributed by atoms with Crippen LogP contribution in [0.3, 0.4) is 0 Å². The molecule has 0 amide bonds. The van der Waals surface area contributed by atoms with E-state index in [1.807, 2.05) is 6.92 Å². The Balaban J connectivity index is 3.31. The number of benzene rings is 1. The van der Waals surface area contributed by atoms with Gasteiger partial charge in [-0.25, -0.2) is 8.42 Å². The molecule has 0 aliphatic carbocycles. The summed E-state index contributed by atoms with van der Waals surface area (Å²) in [5.74, 6) is 0. The molecule has 0 saturated heterocycles. The molecule has 1 aromatic carbocycles. The summed E-state index contributed by atoms with van der Waals surface area (Å²) in [6.07, 6.45) is 2.73. The topological polar surface area (TPSA) is 34.1 Å². The largest absolute Gasteiger partial charge is 0.222 e. The second-order valence-electron chi connectivity index (χ2n) is 3.04. The molecule has 0 fully saturated rings. The Bertz CT molecular complexity index is 479. The van der Waals surface area contributed by atoms with E-state index in [1.54, 1.807) is 18.4 Å². The van der Waals surface area contributed by atoms with Crippen molar-refractivity contribution in [3.8, 4) is 0 Å². The lowest BCUT2D eigenvalue weighted by molar-refractivity contribution is 0.597. The summed E-state index contributed by atoms with van der Waals surface area (Å²) in [7, 11) is -3.71. The molecule has 82 valence electrons. The molecular formula is C11H14O2S2. The van der Waals surface area contributed by atoms with Crippen molar-refractivity contribution in [1.82, 2.24) is 0 Å². The normalized spacial score (nSPS) is 16.5. The molecule has 0 heterocycles. The summed E-state index contributed by atoms with van der Waals surface area (Å²) in [6, 6.07) is 6.48. The van der Waals surface area contributed by atoms with Crippen molar-refractivity contribution in [1.29, 1.82) is 0 Å². The third kappa shape index (κ3) is 2.63. The van der Waals surface area contributed by atoms with Crippen LogP contribution in [-0.4, -0.2) is 19.2 Å². The average molecular weight is 243 g/mol. The molecule has 0 aliphatic heterocycles. The van der Waals surface area contributed by atoms with Crippen LogP contribution in [0, 0.1) is 6.92 Å². The van der Waals surface area contributed by atoms with Gasteiger partial charge in [-0.15, -0.1) is 18.3 Å². The van der Waals surface area contributed by atoms with Crippen LogP contribution in [0.4, 0.5) is 0 Å². The summed E-state index contributed by atoms with van der Waals surface area (Å²) < 4.78 is 30.4. The van der Waals surface area contributed by atoms with Gasteiger partial charge >= 0.3 is 0 Å². The monoisotopic (exact) mass is 243 g/mol. The maximum absolute atomic E-state index is 12.1. The Hall–Kier alpha value is -0.740. The average Bonchev–Trinajstić information content (AvgIpc) is 2.28. The first-order valence-corrected chi connectivity index (χ1v) is 7.08. The smallest absolute Gasteiger partial charge is 0.194 e. The minimum Gasteiger partial charge on any atom is -0.222 e. The zero-order valence-corrected chi connectivity index (χ0v) is 10.4. The molecule has 0 N–H and O–H groups in total. The van der Waals surface area contributed by atoms with Crippen molar-refractivity contribution in [2.75, 3.05) is 6.26 Å². The molecule has 1 rings (SSSR count). The Morgan fingerprint density at radius 3 is 2.40 bits per heavy atom. The van der Waals surface area contributed by atoms with Crippen LogP contribution in [0.2, 0.25) is 0 Å². The minimum atomic E-state index is -3.71. The highest BCUT2D eigenvalue weighted by molar-refractivity contribution is 8.13. The highest BCUT2D eigenvalue weighted by Gasteiger charge is 2.23. The van der Waals surface area contributed by atoms with Crippen LogP contribution in [0.15, 0.2) is 41.8 Å². The van der Waals surface area contributed by atoms with E-state index in [1.165, 1.54) is 12.1 Å². The van der Waals surface area contributed by atoms with Gasteiger partial charge in [0.05, 0.1) is 6.27 Å². The van der Waals surface area contributed by atoms with Crippen molar-refractivity contribution >= 4 is 21.6 Å². The second-order valence-corrected chi connectivity index (χ2v) is 6.07. The van der Waals surface area contributed by atoms with Gasteiger partial charge in [0.25, 0.3) is 0 Å². The van der Waals surface area contributed by atoms with E-state index in [0.717, 1.165) is 23.4 Å².